The zero-order valence-corrected chi connectivity index (χ0v) is 10.3. The molecule has 0 bridgehead atoms. The van der Waals surface area contributed by atoms with Crippen molar-refractivity contribution >= 4 is 8.88 Å². The molecule has 0 amide bonds. The van der Waals surface area contributed by atoms with Crippen molar-refractivity contribution in [2.45, 2.75) is 39.2 Å². The lowest BCUT2D eigenvalue weighted by molar-refractivity contribution is -1.01. The topological polar surface area (TPSA) is 47.3 Å². The molecule has 3 N–H and O–H groups in total. The van der Waals surface area contributed by atoms with Crippen LogP contribution in [0.4, 0.5) is 0 Å². The second kappa shape index (κ2) is 5.23. The van der Waals surface area contributed by atoms with Gasteiger partial charge < -0.3 is 0 Å². The van der Waals surface area contributed by atoms with Crippen molar-refractivity contribution in [2.75, 3.05) is 14.1 Å². The van der Waals surface area contributed by atoms with Crippen LogP contribution in [0.3, 0.4) is 0 Å². The van der Waals surface area contributed by atoms with E-state index in [-0.39, 0.29) is 10.1 Å². The Morgan fingerprint density at radius 1 is 1.46 bits per heavy atom. The first-order valence-corrected chi connectivity index (χ1v) is 5.63. The average molecular weight is 208 g/mol. The van der Waals surface area contributed by atoms with Crippen LogP contribution in [0.1, 0.15) is 33.6 Å². The van der Waals surface area contributed by atoms with E-state index >= 15 is 0 Å². The summed E-state index contributed by atoms with van der Waals surface area (Å²) >= 11 is 0. The minimum atomic E-state index is -0.118. The quantitative estimate of drug-likeness (QED) is 0.395. The summed E-state index contributed by atoms with van der Waals surface area (Å²) in [6.07, 6.45) is 1.95. The maximum absolute atomic E-state index is 5.93. The Morgan fingerprint density at radius 2 is 1.92 bits per heavy atom. The van der Waals surface area contributed by atoms with E-state index < -0.39 is 0 Å². The first kappa shape index (κ1) is 13.3. The molecular weight excluding hydrogens is 185 g/mol. The molecule has 0 aromatic rings. The number of nitrogens with one attached hydrogen (secondary N) is 1. The molecule has 0 spiro atoms. The van der Waals surface area contributed by atoms with Gasteiger partial charge in [-0.25, -0.2) is 0 Å². The monoisotopic (exact) mass is 208 g/mol. The second-order valence-electron chi connectivity index (χ2n) is 3.60. The minimum Gasteiger partial charge on any atom is -0.250 e. The van der Waals surface area contributed by atoms with Crippen LogP contribution in [0.15, 0.2) is 0 Å². The first-order chi connectivity index (χ1) is 5.89. The summed E-state index contributed by atoms with van der Waals surface area (Å²) < 4.78 is 0.0919. The van der Waals surface area contributed by atoms with Gasteiger partial charge in [0, 0.05) is 0 Å². The number of rotatable bonds is 6. The van der Waals surface area contributed by atoms with E-state index in [0.717, 1.165) is 12.8 Å². The van der Waals surface area contributed by atoms with Gasteiger partial charge in [-0.2, -0.15) is 4.84 Å². The highest BCUT2D eigenvalue weighted by Crippen LogP contribution is 2.28. The van der Waals surface area contributed by atoms with Crippen molar-refractivity contribution in [1.82, 2.24) is 5.09 Å². The molecule has 0 saturated carbocycles. The minimum absolute atomic E-state index is 0.0919. The van der Waals surface area contributed by atoms with Crippen LogP contribution in [0, 0.1) is 0 Å². The van der Waals surface area contributed by atoms with E-state index in [1.807, 2.05) is 14.1 Å². The molecule has 0 rings (SSSR count). The number of hydrogen-bond acceptors (Lipinski definition) is 3. The fourth-order valence-electron chi connectivity index (χ4n) is 1.08. The van der Waals surface area contributed by atoms with Gasteiger partial charge in [-0.15, -0.1) is 5.84 Å². The van der Waals surface area contributed by atoms with Gasteiger partial charge in [0.1, 0.15) is 12.6 Å². The smallest absolute Gasteiger partial charge is 0.221 e. The highest BCUT2D eigenvalue weighted by molar-refractivity contribution is 7.28. The van der Waals surface area contributed by atoms with Crippen LogP contribution in [0.5, 0.6) is 0 Å². The van der Waals surface area contributed by atoms with Crippen LogP contribution in [0.25, 0.3) is 0 Å². The van der Waals surface area contributed by atoms with Crippen molar-refractivity contribution in [2.24, 2.45) is 5.84 Å². The molecule has 2 unspecified atom stereocenters. The number of quaternary nitrogens is 1. The highest BCUT2D eigenvalue weighted by Gasteiger charge is 2.32. The standard InChI is InChI=1S/C8H23N3OP/c1-6-8(3,7-2)12-11(5,9)13-10-4/h10,13H,6-7,9H2,1-5H3/q+1. The Bertz CT molecular complexity index is 148. The Balaban J connectivity index is 4.21. The lowest BCUT2D eigenvalue weighted by Gasteiger charge is -2.34. The van der Waals surface area contributed by atoms with Gasteiger partial charge in [0.05, 0.1) is 0 Å². The predicted molar refractivity (Wildman–Crippen MR) is 57.8 cm³/mol. The van der Waals surface area contributed by atoms with Gasteiger partial charge in [0.2, 0.25) is 8.88 Å². The van der Waals surface area contributed by atoms with Crippen LogP contribution in [-0.4, -0.2) is 24.2 Å². The van der Waals surface area contributed by atoms with E-state index in [2.05, 4.69) is 25.9 Å². The molecule has 0 aromatic heterocycles. The van der Waals surface area contributed by atoms with Gasteiger partial charge >= 0.3 is 0 Å². The van der Waals surface area contributed by atoms with Gasteiger partial charge in [0.25, 0.3) is 0 Å². The summed E-state index contributed by atoms with van der Waals surface area (Å²) in [5, 5.41) is 3.03. The fourth-order valence-corrected chi connectivity index (χ4v) is 1.79. The number of nitrogens with zero attached hydrogens (tertiary/aromatic N) is 1. The molecular formula is C8H23N3OP+. The lowest BCUT2D eigenvalue weighted by atomic mass is 10.0. The molecule has 80 valence electrons. The van der Waals surface area contributed by atoms with E-state index in [0.29, 0.717) is 8.88 Å². The van der Waals surface area contributed by atoms with Crippen molar-refractivity contribution < 1.29 is 9.36 Å². The number of hydrogen-bond donors (Lipinski definition) is 2. The zero-order chi connectivity index (χ0) is 10.5. The van der Waals surface area contributed by atoms with Crippen LogP contribution >= 0.6 is 8.88 Å². The summed E-state index contributed by atoms with van der Waals surface area (Å²) in [4.78, 5) is 5.83. The number of hydroxylamine groups is 1. The molecule has 0 radical (unpaired) electrons. The van der Waals surface area contributed by atoms with Crippen molar-refractivity contribution in [3.05, 3.63) is 0 Å². The van der Waals surface area contributed by atoms with E-state index in [1.54, 1.807) is 0 Å². The maximum Gasteiger partial charge on any atom is 0.221 e. The Hall–Kier alpha value is 0.270. The van der Waals surface area contributed by atoms with E-state index in [9.17, 15) is 0 Å². The summed E-state index contributed by atoms with van der Waals surface area (Å²) in [7, 11) is 4.10. The van der Waals surface area contributed by atoms with Crippen molar-refractivity contribution in [3.63, 3.8) is 0 Å². The van der Waals surface area contributed by atoms with Gasteiger partial charge in [0.15, 0.2) is 0 Å². The van der Waals surface area contributed by atoms with Gasteiger partial charge in [-0.05, 0) is 26.8 Å². The molecule has 0 heterocycles. The normalized spacial score (nSPS) is 18.0. The Labute approximate surface area is 83.2 Å². The van der Waals surface area contributed by atoms with Crippen LogP contribution < -0.4 is 10.9 Å². The highest BCUT2D eigenvalue weighted by atomic mass is 31.1. The second-order valence-corrected chi connectivity index (χ2v) is 5.21. The summed E-state index contributed by atoms with van der Waals surface area (Å²) in [5.41, 5.74) is -0.118. The summed E-state index contributed by atoms with van der Waals surface area (Å²) in [6, 6.07) is 0. The molecule has 5 heteroatoms. The zero-order valence-electron chi connectivity index (χ0n) is 9.35. The third-order valence-corrected chi connectivity index (χ3v) is 3.00. The van der Waals surface area contributed by atoms with E-state index in [4.69, 9.17) is 10.7 Å². The molecule has 0 aliphatic carbocycles. The van der Waals surface area contributed by atoms with Gasteiger partial charge in [-0.3, -0.25) is 5.09 Å². The largest absolute Gasteiger partial charge is 0.250 e. The SMILES string of the molecule is CCC(C)(CC)O[N+](C)(N)PNC. The summed E-state index contributed by atoms with van der Waals surface area (Å²) in [6.45, 7) is 6.33. The van der Waals surface area contributed by atoms with Crippen molar-refractivity contribution in [3.8, 4) is 0 Å². The van der Waals surface area contributed by atoms with Gasteiger partial charge in [-0.1, -0.05) is 18.4 Å². The van der Waals surface area contributed by atoms with Crippen molar-refractivity contribution in [1.29, 1.82) is 0 Å². The molecule has 0 aliphatic rings. The third-order valence-electron chi connectivity index (χ3n) is 2.24. The Kier molecular flexibility index (Phi) is 5.33. The maximum atomic E-state index is 5.93. The molecule has 0 aliphatic heterocycles. The predicted octanol–water partition coefficient (Wildman–Crippen LogP) is 1.54. The van der Waals surface area contributed by atoms with Crippen LogP contribution in [-0.2, 0) is 4.84 Å². The number of nitrogens with two attached hydrogens (primary N) is 1. The summed E-state index contributed by atoms with van der Waals surface area (Å²) in [5.74, 6) is 5.93. The fraction of sp³-hybridized carbons (Fsp3) is 1.00. The molecule has 13 heavy (non-hydrogen) atoms. The molecule has 0 aromatic carbocycles. The molecule has 0 saturated heterocycles. The Morgan fingerprint density at radius 3 is 2.23 bits per heavy atom. The third kappa shape index (κ3) is 4.89. The average Bonchev–Trinajstić information content (AvgIpc) is 2.03. The first-order valence-electron chi connectivity index (χ1n) is 4.69. The molecule has 2 atom stereocenters. The molecule has 4 nitrogen and oxygen atoms in total. The lowest BCUT2D eigenvalue weighted by Crippen LogP contribution is -2.50. The van der Waals surface area contributed by atoms with Crippen LogP contribution in [0.2, 0.25) is 0 Å². The molecule has 0 fully saturated rings. The van der Waals surface area contributed by atoms with E-state index in [1.165, 1.54) is 0 Å².